The van der Waals surface area contributed by atoms with Crippen molar-refractivity contribution in [3.05, 3.63) is 52.3 Å². The summed E-state index contributed by atoms with van der Waals surface area (Å²) in [5.41, 5.74) is 1.88. The molecule has 0 aliphatic heterocycles. The van der Waals surface area contributed by atoms with Gasteiger partial charge in [0.2, 0.25) is 0 Å². The topological polar surface area (TPSA) is 31.4 Å². The Morgan fingerprint density at radius 2 is 2.11 bits per heavy atom. The van der Waals surface area contributed by atoms with Gasteiger partial charge in [-0.1, -0.05) is 6.07 Å². The number of pyridine rings is 1. The molecule has 0 amide bonds. The van der Waals surface area contributed by atoms with Gasteiger partial charge in [0, 0.05) is 0 Å². The van der Waals surface area contributed by atoms with E-state index in [2.05, 4.69) is 20.9 Å². The summed E-state index contributed by atoms with van der Waals surface area (Å²) in [7, 11) is 1.64. The Morgan fingerprint density at radius 1 is 1.26 bits per heavy atom. The molecular formula is C14H13BrClNO2. The lowest BCUT2D eigenvalue weighted by atomic mass is 10.2. The van der Waals surface area contributed by atoms with Gasteiger partial charge in [-0.25, -0.2) is 0 Å². The number of ether oxygens (including phenoxy) is 2. The van der Waals surface area contributed by atoms with Crippen molar-refractivity contribution in [3.63, 3.8) is 0 Å². The molecule has 0 aliphatic carbocycles. The van der Waals surface area contributed by atoms with Crippen molar-refractivity contribution in [3.8, 4) is 11.5 Å². The number of benzene rings is 1. The number of aromatic nitrogens is 1. The molecule has 0 atom stereocenters. The van der Waals surface area contributed by atoms with E-state index in [0.717, 1.165) is 27.2 Å². The van der Waals surface area contributed by atoms with E-state index in [1.54, 1.807) is 13.3 Å². The van der Waals surface area contributed by atoms with E-state index in [9.17, 15) is 0 Å². The first-order valence-electron chi connectivity index (χ1n) is 5.69. The van der Waals surface area contributed by atoms with Gasteiger partial charge in [-0.05, 0) is 45.8 Å². The minimum absolute atomic E-state index is 0.408. The van der Waals surface area contributed by atoms with Crippen molar-refractivity contribution in [2.24, 2.45) is 0 Å². The molecule has 0 fully saturated rings. The van der Waals surface area contributed by atoms with Gasteiger partial charge in [0.15, 0.2) is 0 Å². The van der Waals surface area contributed by atoms with Gasteiger partial charge in [-0.15, -0.1) is 11.6 Å². The maximum atomic E-state index is 5.68. The van der Waals surface area contributed by atoms with Crippen LogP contribution in [0.25, 0.3) is 0 Å². The number of nitrogens with zero attached hydrogens (tertiary/aromatic N) is 1. The zero-order valence-corrected chi connectivity index (χ0v) is 12.7. The molecule has 0 saturated carbocycles. The molecule has 0 saturated heterocycles. The minimum atomic E-state index is 0.408. The Labute approximate surface area is 125 Å². The number of hydrogen-bond acceptors (Lipinski definition) is 3. The van der Waals surface area contributed by atoms with Crippen LogP contribution >= 0.6 is 27.5 Å². The summed E-state index contributed by atoms with van der Waals surface area (Å²) in [6.07, 6.45) is 1.68. The molecule has 1 aromatic carbocycles. The Morgan fingerprint density at radius 3 is 2.68 bits per heavy atom. The van der Waals surface area contributed by atoms with Crippen molar-refractivity contribution in [2.45, 2.75) is 12.5 Å². The van der Waals surface area contributed by atoms with E-state index in [-0.39, 0.29) is 0 Å². The maximum absolute atomic E-state index is 5.68. The summed E-state index contributed by atoms with van der Waals surface area (Å²) in [6, 6.07) is 9.55. The van der Waals surface area contributed by atoms with Crippen LogP contribution in [-0.4, -0.2) is 12.1 Å². The Hall–Kier alpha value is -1.26. The minimum Gasteiger partial charge on any atom is -0.496 e. The van der Waals surface area contributed by atoms with Gasteiger partial charge in [-0.3, -0.25) is 4.98 Å². The van der Waals surface area contributed by atoms with Gasteiger partial charge in [0.25, 0.3) is 0 Å². The zero-order valence-electron chi connectivity index (χ0n) is 10.4. The Balaban J connectivity index is 1.99. The van der Waals surface area contributed by atoms with Crippen molar-refractivity contribution in [2.75, 3.05) is 7.11 Å². The molecule has 0 spiro atoms. The van der Waals surface area contributed by atoms with Crippen LogP contribution in [0.15, 0.2) is 41.0 Å². The van der Waals surface area contributed by atoms with Crippen LogP contribution < -0.4 is 9.47 Å². The molecule has 3 nitrogen and oxygen atoms in total. The second-order valence-electron chi connectivity index (χ2n) is 3.88. The van der Waals surface area contributed by atoms with Crippen molar-refractivity contribution >= 4 is 27.5 Å². The third-order valence-electron chi connectivity index (χ3n) is 2.56. The van der Waals surface area contributed by atoms with Crippen molar-refractivity contribution in [1.29, 1.82) is 0 Å². The summed E-state index contributed by atoms with van der Waals surface area (Å²) < 4.78 is 11.7. The number of hydrogen-bond donors (Lipinski definition) is 0. The fraction of sp³-hybridized carbons (Fsp3) is 0.214. The van der Waals surface area contributed by atoms with Crippen LogP contribution in [0.4, 0.5) is 0 Å². The fourth-order valence-electron chi connectivity index (χ4n) is 1.54. The SMILES string of the molecule is COc1ccc(COc2ccc(CCl)nc2)cc1Br. The highest BCUT2D eigenvalue weighted by atomic mass is 79.9. The highest BCUT2D eigenvalue weighted by molar-refractivity contribution is 9.10. The second-order valence-corrected chi connectivity index (χ2v) is 5.00. The molecule has 0 unspecified atom stereocenters. The van der Waals surface area contributed by atoms with E-state index >= 15 is 0 Å². The van der Waals surface area contributed by atoms with E-state index in [1.807, 2.05) is 30.3 Å². The number of alkyl halides is 1. The largest absolute Gasteiger partial charge is 0.496 e. The Kier molecular flexibility index (Phi) is 5.05. The van der Waals surface area contributed by atoms with Gasteiger partial charge in [0.05, 0.1) is 29.4 Å². The number of rotatable bonds is 5. The summed E-state index contributed by atoms with van der Waals surface area (Å²) >= 11 is 9.12. The molecule has 0 aliphatic rings. The smallest absolute Gasteiger partial charge is 0.138 e. The lowest BCUT2D eigenvalue weighted by Gasteiger charge is -2.08. The predicted molar refractivity (Wildman–Crippen MR) is 78.8 cm³/mol. The van der Waals surface area contributed by atoms with Gasteiger partial charge in [0.1, 0.15) is 18.1 Å². The summed E-state index contributed by atoms with van der Waals surface area (Å²) in [5.74, 6) is 1.93. The highest BCUT2D eigenvalue weighted by Crippen LogP contribution is 2.26. The fourth-order valence-corrected chi connectivity index (χ4v) is 2.29. The van der Waals surface area contributed by atoms with E-state index in [1.165, 1.54) is 0 Å². The maximum Gasteiger partial charge on any atom is 0.138 e. The predicted octanol–water partition coefficient (Wildman–Crippen LogP) is 4.17. The molecule has 1 aromatic heterocycles. The summed E-state index contributed by atoms with van der Waals surface area (Å²) in [4.78, 5) is 4.17. The molecular weight excluding hydrogens is 330 g/mol. The van der Waals surface area contributed by atoms with E-state index in [0.29, 0.717) is 12.5 Å². The highest BCUT2D eigenvalue weighted by Gasteiger charge is 2.02. The molecule has 5 heteroatoms. The molecule has 1 heterocycles. The standard InChI is InChI=1S/C14H13BrClNO2/c1-18-14-5-2-10(6-13(14)15)9-19-12-4-3-11(7-16)17-8-12/h2-6,8H,7,9H2,1H3. The Bertz CT molecular complexity index is 546. The quantitative estimate of drug-likeness (QED) is 0.764. The van der Waals surface area contributed by atoms with Crippen LogP contribution in [0.3, 0.4) is 0 Å². The average molecular weight is 343 g/mol. The lowest BCUT2D eigenvalue weighted by molar-refractivity contribution is 0.304. The molecule has 0 N–H and O–H groups in total. The monoisotopic (exact) mass is 341 g/mol. The first-order chi connectivity index (χ1) is 9.22. The van der Waals surface area contributed by atoms with Gasteiger partial charge in [-0.2, -0.15) is 0 Å². The van der Waals surface area contributed by atoms with Gasteiger partial charge < -0.3 is 9.47 Å². The molecule has 2 aromatic rings. The van der Waals surface area contributed by atoms with E-state index < -0.39 is 0 Å². The van der Waals surface area contributed by atoms with Crippen molar-refractivity contribution in [1.82, 2.24) is 4.98 Å². The third-order valence-corrected chi connectivity index (χ3v) is 3.45. The van der Waals surface area contributed by atoms with E-state index in [4.69, 9.17) is 21.1 Å². The van der Waals surface area contributed by atoms with Crippen LogP contribution in [0, 0.1) is 0 Å². The van der Waals surface area contributed by atoms with Gasteiger partial charge >= 0.3 is 0 Å². The third kappa shape index (κ3) is 3.85. The molecule has 19 heavy (non-hydrogen) atoms. The summed E-state index contributed by atoms with van der Waals surface area (Å²) in [5, 5.41) is 0. The molecule has 0 radical (unpaired) electrons. The lowest BCUT2D eigenvalue weighted by Crippen LogP contribution is -1.97. The van der Waals surface area contributed by atoms with Crippen molar-refractivity contribution < 1.29 is 9.47 Å². The molecule has 0 bridgehead atoms. The molecule has 100 valence electrons. The first-order valence-corrected chi connectivity index (χ1v) is 7.02. The summed E-state index contributed by atoms with van der Waals surface area (Å²) in [6.45, 7) is 0.477. The molecule has 2 rings (SSSR count). The second kappa shape index (κ2) is 6.78. The zero-order chi connectivity index (χ0) is 13.7. The van der Waals surface area contributed by atoms with Crippen LogP contribution in [0.2, 0.25) is 0 Å². The normalized spacial score (nSPS) is 10.3. The number of methoxy groups -OCH3 is 1. The van der Waals surface area contributed by atoms with Crippen LogP contribution in [-0.2, 0) is 12.5 Å². The number of halogens is 2. The first kappa shape index (κ1) is 14.2. The van der Waals surface area contributed by atoms with Crippen LogP contribution in [0.1, 0.15) is 11.3 Å². The van der Waals surface area contributed by atoms with Crippen LogP contribution in [0.5, 0.6) is 11.5 Å². The average Bonchev–Trinajstić information content (AvgIpc) is 2.46.